The predicted octanol–water partition coefficient (Wildman–Crippen LogP) is 3.89. The van der Waals surface area contributed by atoms with Crippen LogP contribution in [0.4, 0.5) is 0 Å². The van der Waals surface area contributed by atoms with Crippen LogP contribution in [0.1, 0.15) is 25.0 Å². The first-order valence-corrected chi connectivity index (χ1v) is 6.29. The van der Waals surface area contributed by atoms with Gasteiger partial charge in [0.25, 0.3) is 0 Å². The fraction of sp³-hybridized carbons (Fsp3) is 0.250. The van der Waals surface area contributed by atoms with Crippen LogP contribution in [0.25, 0.3) is 11.1 Å². The van der Waals surface area contributed by atoms with Crippen molar-refractivity contribution in [2.45, 2.75) is 26.7 Å². The number of aryl methyl sites for hydroxylation is 2. The Labute approximate surface area is 108 Å². The molecule has 2 rings (SSSR count). The molecule has 94 valence electrons. The van der Waals surface area contributed by atoms with Gasteiger partial charge in [0.15, 0.2) is 0 Å². The standard InChI is InChI=1S/C16H18O2/c1-3-11-8-13(10-14(17)9-11)15-7-5-6-12(4-2)16(15)18/h5-10,17-18H,3-4H2,1-2H3. The Bertz CT molecular complexity index is 559. The average Bonchev–Trinajstić information content (AvgIpc) is 2.38. The van der Waals surface area contributed by atoms with Crippen LogP contribution >= 0.6 is 0 Å². The zero-order valence-corrected chi connectivity index (χ0v) is 10.8. The highest BCUT2D eigenvalue weighted by Crippen LogP contribution is 2.34. The molecule has 18 heavy (non-hydrogen) atoms. The zero-order chi connectivity index (χ0) is 13.1. The Kier molecular flexibility index (Phi) is 3.56. The molecular weight excluding hydrogens is 224 g/mol. The van der Waals surface area contributed by atoms with Crippen LogP contribution in [0.3, 0.4) is 0 Å². The maximum absolute atomic E-state index is 10.2. The summed E-state index contributed by atoms with van der Waals surface area (Å²) in [5, 5.41) is 19.9. The molecule has 0 atom stereocenters. The van der Waals surface area contributed by atoms with Crippen LogP contribution in [0.2, 0.25) is 0 Å². The number of phenolic OH excluding ortho intramolecular Hbond substituents is 2. The minimum absolute atomic E-state index is 0.241. The Hall–Kier alpha value is -1.96. The van der Waals surface area contributed by atoms with Crippen molar-refractivity contribution in [1.29, 1.82) is 0 Å². The number of hydrogen-bond donors (Lipinski definition) is 2. The van der Waals surface area contributed by atoms with Gasteiger partial charge in [-0.05, 0) is 41.7 Å². The molecule has 0 radical (unpaired) electrons. The number of hydrogen-bond acceptors (Lipinski definition) is 2. The minimum atomic E-state index is 0.241. The van der Waals surface area contributed by atoms with Gasteiger partial charge in [-0.25, -0.2) is 0 Å². The molecule has 0 spiro atoms. The van der Waals surface area contributed by atoms with Crippen molar-refractivity contribution in [2.75, 3.05) is 0 Å². The second-order valence-corrected chi connectivity index (χ2v) is 4.41. The van der Waals surface area contributed by atoms with E-state index in [2.05, 4.69) is 0 Å². The predicted molar refractivity (Wildman–Crippen MR) is 74.0 cm³/mol. The van der Waals surface area contributed by atoms with Crippen molar-refractivity contribution in [3.05, 3.63) is 47.5 Å². The molecule has 2 aromatic carbocycles. The first-order chi connectivity index (χ1) is 8.65. The number of phenols is 2. The summed E-state index contributed by atoms with van der Waals surface area (Å²) in [7, 11) is 0. The number of rotatable bonds is 3. The van der Waals surface area contributed by atoms with Gasteiger partial charge < -0.3 is 10.2 Å². The fourth-order valence-electron chi connectivity index (χ4n) is 2.14. The summed E-state index contributed by atoms with van der Waals surface area (Å²) in [5.41, 5.74) is 3.62. The summed E-state index contributed by atoms with van der Waals surface area (Å²) in [4.78, 5) is 0. The Balaban J connectivity index is 2.58. The van der Waals surface area contributed by atoms with Crippen molar-refractivity contribution in [1.82, 2.24) is 0 Å². The van der Waals surface area contributed by atoms with E-state index in [1.807, 2.05) is 38.1 Å². The topological polar surface area (TPSA) is 40.5 Å². The van der Waals surface area contributed by atoms with Gasteiger partial charge in [0.05, 0.1) is 0 Å². The summed E-state index contributed by atoms with van der Waals surface area (Å²) in [5.74, 6) is 0.554. The van der Waals surface area contributed by atoms with Crippen LogP contribution in [0, 0.1) is 0 Å². The molecule has 0 fully saturated rings. The van der Waals surface area contributed by atoms with Gasteiger partial charge in [0, 0.05) is 5.56 Å². The van der Waals surface area contributed by atoms with E-state index in [4.69, 9.17) is 0 Å². The highest BCUT2D eigenvalue weighted by molar-refractivity contribution is 5.73. The molecule has 0 unspecified atom stereocenters. The quantitative estimate of drug-likeness (QED) is 0.857. The first kappa shape index (κ1) is 12.5. The average molecular weight is 242 g/mol. The minimum Gasteiger partial charge on any atom is -0.508 e. The van der Waals surface area contributed by atoms with E-state index >= 15 is 0 Å². The van der Waals surface area contributed by atoms with Gasteiger partial charge in [-0.15, -0.1) is 0 Å². The van der Waals surface area contributed by atoms with Crippen molar-refractivity contribution >= 4 is 0 Å². The Morgan fingerprint density at radius 1 is 0.944 bits per heavy atom. The monoisotopic (exact) mass is 242 g/mol. The van der Waals surface area contributed by atoms with Crippen LogP contribution < -0.4 is 0 Å². The van der Waals surface area contributed by atoms with Gasteiger partial charge in [-0.3, -0.25) is 0 Å². The Morgan fingerprint density at radius 3 is 2.39 bits per heavy atom. The molecule has 0 saturated carbocycles. The summed E-state index contributed by atoms with van der Waals surface area (Å²) in [6.07, 6.45) is 1.65. The Morgan fingerprint density at radius 2 is 1.72 bits per heavy atom. The van der Waals surface area contributed by atoms with Crippen LogP contribution in [-0.2, 0) is 12.8 Å². The molecule has 2 heteroatoms. The maximum Gasteiger partial charge on any atom is 0.126 e. The van der Waals surface area contributed by atoms with E-state index in [1.165, 1.54) is 0 Å². The normalized spacial score (nSPS) is 10.6. The molecule has 0 aliphatic heterocycles. The fourth-order valence-corrected chi connectivity index (χ4v) is 2.14. The molecule has 2 aromatic rings. The lowest BCUT2D eigenvalue weighted by molar-refractivity contribution is 0.470. The highest BCUT2D eigenvalue weighted by atomic mass is 16.3. The largest absolute Gasteiger partial charge is 0.508 e. The SMILES string of the molecule is CCc1cc(O)cc(-c2cccc(CC)c2O)c1. The number of para-hydroxylation sites is 1. The smallest absolute Gasteiger partial charge is 0.126 e. The van der Waals surface area contributed by atoms with E-state index in [-0.39, 0.29) is 5.75 Å². The lowest BCUT2D eigenvalue weighted by Gasteiger charge is -2.10. The van der Waals surface area contributed by atoms with Crippen LogP contribution in [0.15, 0.2) is 36.4 Å². The van der Waals surface area contributed by atoms with Crippen molar-refractivity contribution in [3.8, 4) is 22.6 Å². The van der Waals surface area contributed by atoms with E-state index in [0.29, 0.717) is 5.75 Å². The van der Waals surface area contributed by atoms with Crippen molar-refractivity contribution in [3.63, 3.8) is 0 Å². The molecule has 0 bridgehead atoms. The van der Waals surface area contributed by atoms with Crippen molar-refractivity contribution in [2.24, 2.45) is 0 Å². The molecule has 2 nitrogen and oxygen atoms in total. The molecule has 0 saturated heterocycles. The summed E-state index contributed by atoms with van der Waals surface area (Å²) in [6, 6.07) is 11.2. The summed E-state index contributed by atoms with van der Waals surface area (Å²) >= 11 is 0. The molecule has 0 aliphatic rings. The van der Waals surface area contributed by atoms with Gasteiger partial charge in [-0.1, -0.05) is 38.1 Å². The lowest BCUT2D eigenvalue weighted by Crippen LogP contribution is -1.88. The first-order valence-electron chi connectivity index (χ1n) is 6.29. The molecule has 0 aromatic heterocycles. The van der Waals surface area contributed by atoms with Crippen LogP contribution in [-0.4, -0.2) is 10.2 Å². The van der Waals surface area contributed by atoms with E-state index in [1.54, 1.807) is 12.1 Å². The highest BCUT2D eigenvalue weighted by Gasteiger charge is 2.09. The van der Waals surface area contributed by atoms with Gasteiger partial charge >= 0.3 is 0 Å². The van der Waals surface area contributed by atoms with Gasteiger partial charge in [0.2, 0.25) is 0 Å². The molecule has 0 amide bonds. The molecule has 0 heterocycles. The zero-order valence-electron chi connectivity index (χ0n) is 10.8. The number of aromatic hydroxyl groups is 2. The third-order valence-electron chi connectivity index (χ3n) is 3.20. The van der Waals surface area contributed by atoms with Gasteiger partial charge in [-0.2, -0.15) is 0 Å². The molecule has 0 aliphatic carbocycles. The molecular formula is C16H18O2. The van der Waals surface area contributed by atoms with Crippen LogP contribution in [0.5, 0.6) is 11.5 Å². The lowest BCUT2D eigenvalue weighted by atomic mass is 9.98. The van der Waals surface area contributed by atoms with E-state index in [9.17, 15) is 10.2 Å². The third-order valence-corrected chi connectivity index (χ3v) is 3.20. The summed E-state index contributed by atoms with van der Waals surface area (Å²) < 4.78 is 0. The van der Waals surface area contributed by atoms with E-state index in [0.717, 1.165) is 35.1 Å². The summed E-state index contributed by atoms with van der Waals surface area (Å²) in [6.45, 7) is 4.06. The van der Waals surface area contributed by atoms with Gasteiger partial charge in [0.1, 0.15) is 11.5 Å². The van der Waals surface area contributed by atoms with Crippen molar-refractivity contribution < 1.29 is 10.2 Å². The number of benzene rings is 2. The second-order valence-electron chi connectivity index (χ2n) is 4.41. The third kappa shape index (κ3) is 2.33. The maximum atomic E-state index is 10.2. The second kappa shape index (κ2) is 5.13. The molecule has 2 N–H and O–H groups in total. The van der Waals surface area contributed by atoms with E-state index < -0.39 is 0 Å².